The molecule has 1 N–H and O–H groups in total. The monoisotopic (exact) mass is 388 g/mol. The molecule has 0 saturated heterocycles. The molecule has 0 heterocycles. The van der Waals surface area contributed by atoms with E-state index in [0.29, 0.717) is 48.5 Å². The van der Waals surface area contributed by atoms with Crippen molar-refractivity contribution >= 4 is 17.5 Å². The van der Waals surface area contributed by atoms with E-state index in [4.69, 9.17) is 31.1 Å². The molecule has 142 valence electrons. The number of benzene rings is 2. The van der Waals surface area contributed by atoms with E-state index >= 15 is 0 Å². The molecule has 1 amide bonds. The minimum atomic E-state index is -0.290. The van der Waals surface area contributed by atoms with Gasteiger partial charge in [0.05, 0.1) is 18.2 Å². The zero-order chi connectivity index (χ0) is 19.5. The van der Waals surface area contributed by atoms with Crippen LogP contribution in [-0.2, 0) is 11.2 Å². The van der Waals surface area contributed by atoms with Gasteiger partial charge in [-0.05, 0) is 30.2 Å². The summed E-state index contributed by atoms with van der Waals surface area (Å²) >= 11 is 6.05. The van der Waals surface area contributed by atoms with Crippen LogP contribution in [-0.4, -0.2) is 32.8 Å². The lowest BCUT2D eigenvalue weighted by atomic mass is 10.1. The predicted octanol–water partition coefficient (Wildman–Crippen LogP) is 3.38. The van der Waals surface area contributed by atoms with Crippen molar-refractivity contribution in [2.45, 2.75) is 12.8 Å². The van der Waals surface area contributed by atoms with Gasteiger partial charge < -0.3 is 19.5 Å². The second-order valence-corrected chi connectivity index (χ2v) is 5.94. The summed E-state index contributed by atoms with van der Waals surface area (Å²) in [5, 5.41) is 11.8. The molecule has 2 rings (SSSR count). The Labute approximate surface area is 163 Å². The highest BCUT2D eigenvalue weighted by Gasteiger charge is 2.08. The number of ether oxygens (including phenoxy) is 3. The van der Waals surface area contributed by atoms with E-state index in [9.17, 15) is 4.79 Å². The first-order valence-electron chi connectivity index (χ1n) is 8.44. The van der Waals surface area contributed by atoms with Crippen molar-refractivity contribution in [3.63, 3.8) is 0 Å². The van der Waals surface area contributed by atoms with Crippen LogP contribution in [0.1, 0.15) is 12.0 Å². The van der Waals surface area contributed by atoms with Crippen LogP contribution in [0.25, 0.3) is 0 Å². The van der Waals surface area contributed by atoms with Crippen LogP contribution in [0.2, 0.25) is 5.02 Å². The molecule has 0 saturated carbocycles. The third kappa shape index (κ3) is 6.72. The summed E-state index contributed by atoms with van der Waals surface area (Å²) < 4.78 is 16.7. The van der Waals surface area contributed by atoms with Crippen LogP contribution >= 0.6 is 11.6 Å². The molecule has 0 fully saturated rings. The lowest BCUT2D eigenvalue weighted by molar-refractivity contribution is -0.120. The number of methoxy groups -OCH3 is 1. The van der Waals surface area contributed by atoms with E-state index in [0.717, 1.165) is 5.56 Å². The van der Waals surface area contributed by atoms with Crippen molar-refractivity contribution in [2.24, 2.45) is 0 Å². The zero-order valence-electron chi connectivity index (χ0n) is 15.0. The molecule has 0 radical (unpaired) electrons. The van der Waals surface area contributed by atoms with Crippen molar-refractivity contribution in [3.05, 3.63) is 53.1 Å². The highest BCUT2D eigenvalue weighted by Crippen LogP contribution is 2.26. The van der Waals surface area contributed by atoms with Crippen LogP contribution < -0.4 is 19.5 Å². The smallest absolute Gasteiger partial charge is 0.234 e. The fourth-order valence-corrected chi connectivity index (χ4v) is 2.53. The number of halogens is 1. The Morgan fingerprint density at radius 3 is 2.59 bits per heavy atom. The van der Waals surface area contributed by atoms with Crippen molar-refractivity contribution < 1.29 is 19.0 Å². The molecule has 2 aromatic rings. The number of hydrogen-bond acceptors (Lipinski definition) is 5. The summed E-state index contributed by atoms with van der Waals surface area (Å²) in [6, 6.07) is 14.6. The van der Waals surface area contributed by atoms with Gasteiger partial charge in [0.2, 0.25) is 5.91 Å². The fraction of sp³-hybridized carbons (Fsp3) is 0.300. The standard InChI is InChI=1S/C20H21ClN2O4/c1-25-16-7-6-15(9-11-23-20(24)8-10-22)19(14-16)27-13-12-26-18-5-3-2-4-17(18)21/h2-7,14H,8-9,11-13H2,1H3,(H,23,24). The second-order valence-electron chi connectivity index (χ2n) is 5.54. The van der Waals surface area contributed by atoms with Gasteiger partial charge in [-0.25, -0.2) is 0 Å². The minimum Gasteiger partial charge on any atom is -0.497 e. The van der Waals surface area contributed by atoms with Crippen LogP contribution in [0, 0.1) is 11.3 Å². The molecule has 0 bridgehead atoms. The Morgan fingerprint density at radius 2 is 1.89 bits per heavy atom. The molecule has 0 aliphatic rings. The Kier molecular flexibility index (Phi) is 8.27. The number of nitrogens with one attached hydrogen (secondary N) is 1. The number of amides is 1. The van der Waals surface area contributed by atoms with Gasteiger partial charge in [0.15, 0.2) is 0 Å². The normalized spacial score (nSPS) is 9.96. The number of carbonyl (C=O) groups excluding carboxylic acids is 1. The van der Waals surface area contributed by atoms with Gasteiger partial charge in [-0.15, -0.1) is 0 Å². The highest BCUT2D eigenvalue weighted by atomic mass is 35.5. The summed E-state index contributed by atoms with van der Waals surface area (Å²) in [7, 11) is 1.58. The predicted molar refractivity (Wildman–Crippen MR) is 102 cm³/mol. The van der Waals surface area contributed by atoms with Crippen LogP contribution in [0.5, 0.6) is 17.2 Å². The summed E-state index contributed by atoms with van der Waals surface area (Å²) in [5.74, 6) is 1.65. The molecular weight excluding hydrogens is 368 g/mol. The lowest BCUT2D eigenvalue weighted by Crippen LogP contribution is -2.25. The number of para-hydroxylation sites is 1. The van der Waals surface area contributed by atoms with Crippen LogP contribution in [0.15, 0.2) is 42.5 Å². The molecule has 2 aromatic carbocycles. The lowest BCUT2D eigenvalue weighted by Gasteiger charge is -2.14. The van der Waals surface area contributed by atoms with Gasteiger partial charge in [0.1, 0.15) is 36.9 Å². The first-order chi connectivity index (χ1) is 13.1. The van der Waals surface area contributed by atoms with Gasteiger partial charge in [-0.1, -0.05) is 29.8 Å². The van der Waals surface area contributed by atoms with Crippen molar-refractivity contribution in [1.29, 1.82) is 5.26 Å². The quantitative estimate of drug-likeness (QED) is 0.631. The van der Waals surface area contributed by atoms with Crippen molar-refractivity contribution in [3.8, 4) is 23.3 Å². The van der Waals surface area contributed by atoms with E-state index in [-0.39, 0.29) is 12.3 Å². The molecule has 0 aliphatic heterocycles. The van der Waals surface area contributed by atoms with Crippen molar-refractivity contribution in [2.75, 3.05) is 26.9 Å². The highest BCUT2D eigenvalue weighted by molar-refractivity contribution is 6.32. The number of hydrogen-bond donors (Lipinski definition) is 1. The third-order valence-corrected chi connectivity index (χ3v) is 3.98. The maximum absolute atomic E-state index is 11.4. The van der Waals surface area contributed by atoms with E-state index in [2.05, 4.69) is 5.32 Å². The van der Waals surface area contributed by atoms with Gasteiger partial charge in [0.25, 0.3) is 0 Å². The number of nitriles is 1. The summed E-state index contributed by atoms with van der Waals surface area (Å²) in [6.45, 7) is 1.07. The maximum atomic E-state index is 11.4. The summed E-state index contributed by atoms with van der Waals surface area (Å²) in [4.78, 5) is 11.4. The maximum Gasteiger partial charge on any atom is 0.234 e. The Bertz CT molecular complexity index is 805. The Hall–Kier alpha value is -2.91. The van der Waals surface area contributed by atoms with Gasteiger partial charge >= 0.3 is 0 Å². The second kappa shape index (κ2) is 10.9. The molecule has 0 atom stereocenters. The molecule has 0 aromatic heterocycles. The van der Waals surface area contributed by atoms with Crippen molar-refractivity contribution in [1.82, 2.24) is 5.32 Å². The third-order valence-electron chi connectivity index (χ3n) is 3.67. The van der Waals surface area contributed by atoms with E-state index in [1.807, 2.05) is 30.3 Å². The minimum absolute atomic E-state index is 0.147. The molecular formula is C20H21ClN2O4. The SMILES string of the molecule is COc1ccc(CCNC(=O)CC#N)c(OCCOc2ccccc2Cl)c1. The van der Waals surface area contributed by atoms with Crippen LogP contribution in [0.4, 0.5) is 0 Å². The first kappa shape index (κ1) is 20.4. The van der Waals surface area contributed by atoms with Gasteiger partial charge in [-0.2, -0.15) is 5.26 Å². The van der Waals surface area contributed by atoms with Gasteiger partial charge in [0, 0.05) is 12.6 Å². The average molecular weight is 389 g/mol. The number of carbonyl (C=O) groups is 1. The van der Waals surface area contributed by atoms with E-state index < -0.39 is 0 Å². The Balaban J connectivity index is 1.90. The summed E-state index contributed by atoms with van der Waals surface area (Å²) in [5.41, 5.74) is 0.922. The number of nitrogens with zero attached hydrogens (tertiary/aromatic N) is 1. The molecule has 27 heavy (non-hydrogen) atoms. The zero-order valence-corrected chi connectivity index (χ0v) is 15.8. The molecule has 0 spiro atoms. The van der Waals surface area contributed by atoms with Crippen LogP contribution in [0.3, 0.4) is 0 Å². The van der Waals surface area contributed by atoms with Gasteiger partial charge in [-0.3, -0.25) is 4.79 Å². The summed E-state index contributed by atoms with van der Waals surface area (Å²) in [6.07, 6.45) is 0.424. The molecule has 0 unspecified atom stereocenters. The molecule has 7 heteroatoms. The Morgan fingerprint density at radius 1 is 1.15 bits per heavy atom. The topological polar surface area (TPSA) is 80.6 Å². The average Bonchev–Trinajstić information content (AvgIpc) is 2.67. The first-order valence-corrected chi connectivity index (χ1v) is 8.82. The number of rotatable bonds is 10. The molecule has 0 aliphatic carbocycles. The van der Waals surface area contributed by atoms with E-state index in [1.165, 1.54) is 0 Å². The fourth-order valence-electron chi connectivity index (χ4n) is 2.34. The molecule has 6 nitrogen and oxygen atoms in total. The largest absolute Gasteiger partial charge is 0.497 e. The van der Waals surface area contributed by atoms with E-state index in [1.54, 1.807) is 25.3 Å².